The smallest absolute Gasteiger partial charge is 0.292 e. The number of carbonyl (C=O) groups is 2. The molecule has 0 atom stereocenters. The third-order valence-electron chi connectivity index (χ3n) is 10.5. The number of fused-ring (bicyclic) bond motifs is 3. The normalized spacial score (nSPS) is 12.7. The van der Waals surface area contributed by atoms with Gasteiger partial charge >= 0.3 is 0 Å². The lowest BCUT2D eigenvalue weighted by molar-refractivity contribution is -0.133. The van der Waals surface area contributed by atoms with Gasteiger partial charge in [-0.1, -0.05) is 18.2 Å². The molecule has 4 heterocycles. The fraction of sp³-hybridized carbons (Fsp3) is 0.545. The molecule has 1 aliphatic heterocycles. The van der Waals surface area contributed by atoms with Crippen LogP contribution in [0.4, 0.5) is 11.8 Å². The Labute approximate surface area is 377 Å². The fourth-order valence-electron chi connectivity index (χ4n) is 7.03. The molecule has 0 unspecified atom stereocenters. The number of nitrogen functional groups attached to an aromatic ring is 2. The van der Waals surface area contributed by atoms with Crippen LogP contribution in [0.1, 0.15) is 29.5 Å². The monoisotopic (exact) mass is 906 g/mol. The summed E-state index contributed by atoms with van der Waals surface area (Å²) in [5.41, 5.74) is 21.3. The summed E-state index contributed by atoms with van der Waals surface area (Å²) >= 11 is 0. The van der Waals surface area contributed by atoms with Crippen LogP contribution in [0, 0.1) is 0 Å². The quantitative estimate of drug-likeness (QED) is 0.0426. The van der Waals surface area contributed by atoms with Gasteiger partial charge in [0.05, 0.1) is 124 Å². The number of nitrogens with two attached hydrogens (primary N) is 2. The molecule has 1 aliphatic rings. The minimum Gasteiger partial charge on any atom is -0.424 e. The molecule has 0 bridgehead atoms. The van der Waals surface area contributed by atoms with Crippen LogP contribution >= 0.6 is 0 Å². The highest BCUT2D eigenvalue weighted by Crippen LogP contribution is 2.33. The van der Waals surface area contributed by atoms with E-state index in [1.165, 1.54) is 11.9 Å². The van der Waals surface area contributed by atoms with Crippen molar-refractivity contribution in [1.82, 2.24) is 40.0 Å². The zero-order valence-electron chi connectivity index (χ0n) is 37.4. The van der Waals surface area contributed by atoms with E-state index >= 15 is 0 Å². The van der Waals surface area contributed by atoms with Crippen LogP contribution in [-0.4, -0.2) is 173 Å². The second-order valence-electron chi connectivity index (χ2n) is 15.0. The first kappa shape index (κ1) is 49.1. The Morgan fingerprint density at radius 3 is 2.11 bits per heavy atom. The molecule has 21 nitrogen and oxygen atoms in total. The molecular formula is C44H62N10O11. The van der Waals surface area contributed by atoms with Crippen molar-refractivity contribution >= 4 is 45.8 Å². The highest BCUT2D eigenvalue weighted by molar-refractivity contribution is 5.99. The summed E-state index contributed by atoms with van der Waals surface area (Å²) in [5.74, 6) is 0.382. The number of likely N-dealkylation sites (N-methyl/N-ethyl adjacent to an activating group) is 1. The largest absolute Gasteiger partial charge is 0.424 e. The Morgan fingerprint density at radius 2 is 1.42 bits per heavy atom. The highest BCUT2D eigenvalue weighted by Gasteiger charge is 2.22. The van der Waals surface area contributed by atoms with E-state index in [0.717, 1.165) is 23.1 Å². The van der Waals surface area contributed by atoms with E-state index in [9.17, 15) is 9.59 Å². The third-order valence-corrected chi connectivity index (χ3v) is 10.5. The molecule has 0 saturated heterocycles. The van der Waals surface area contributed by atoms with Gasteiger partial charge in [0.1, 0.15) is 23.4 Å². The number of hydrogen-bond acceptors (Lipinski definition) is 18. The van der Waals surface area contributed by atoms with Crippen molar-refractivity contribution in [2.45, 2.75) is 32.4 Å². The van der Waals surface area contributed by atoms with Crippen molar-refractivity contribution in [3.63, 3.8) is 0 Å². The minimum atomic E-state index is -0.0111. The summed E-state index contributed by atoms with van der Waals surface area (Å²) in [7, 11) is 3.44. The van der Waals surface area contributed by atoms with Gasteiger partial charge < -0.3 is 58.8 Å². The lowest BCUT2D eigenvalue weighted by atomic mass is 9.97. The summed E-state index contributed by atoms with van der Waals surface area (Å²) in [6.07, 6.45) is 2.78. The number of amides is 2. The molecule has 0 radical (unpaired) electrons. The van der Waals surface area contributed by atoms with E-state index < -0.39 is 0 Å². The summed E-state index contributed by atoms with van der Waals surface area (Å²) in [5, 5.41) is 5.58. The molecule has 0 fully saturated rings. The maximum Gasteiger partial charge on any atom is 0.292 e. The number of hydroxylamine groups is 1. The average Bonchev–Trinajstić information content (AvgIpc) is 3.88. The molecule has 5 N–H and O–H groups in total. The number of oxazole rings is 1. The standard InChI is InChI=1S/C44H62N10O11/c1-47-64-26-25-63-24-23-61-18-15-57-12-8-38(55)52(2)11-14-59-17-20-62-22-21-60-19-16-58-13-9-39(56)53-10-7-33-27-32(3-4-35(33)30-53)29-54-43-40(42(45)48-31-49-43)41(51-54)34-5-6-37-36(28-34)50-44(46)65-37/h3-6,27-28,31,47H,7-26,29-30H2,1-2H3,(H2,46,50)(H2,45,48,49). The van der Waals surface area contributed by atoms with Gasteiger partial charge in [-0.2, -0.15) is 10.1 Å². The first-order valence-electron chi connectivity index (χ1n) is 21.9. The maximum atomic E-state index is 13.0. The molecule has 0 aliphatic carbocycles. The van der Waals surface area contributed by atoms with Gasteiger partial charge in [0, 0.05) is 39.3 Å². The minimum absolute atomic E-state index is 0.0111. The van der Waals surface area contributed by atoms with Gasteiger partial charge in [0.25, 0.3) is 6.01 Å². The van der Waals surface area contributed by atoms with Gasteiger partial charge in [0.2, 0.25) is 11.8 Å². The van der Waals surface area contributed by atoms with Crippen LogP contribution in [0.25, 0.3) is 33.4 Å². The van der Waals surface area contributed by atoms with Crippen LogP contribution < -0.4 is 16.9 Å². The Kier molecular flexibility index (Phi) is 20.1. The van der Waals surface area contributed by atoms with E-state index in [2.05, 4.69) is 38.6 Å². The molecule has 6 rings (SSSR count). The summed E-state index contributed by atoms with van der Waals surface area (Å²) in [6, 6.07) is 12.0. The Balaban J connectivity index is 0.768. The number of carbonyl (C=O) groups excluding carboxylic acids is 2. The van der Waals surface area contributed by atoms with Gasteiger partial charge in [0.15, 0.2) is 11.2 Å². The molecule has 354 valence electrons. The zero-order valence-corrected chi connectivity index (χ0v) is 37.4. The average molecular weight is 907 g/mol. The molecule has 65 heavy (non-hydrogen) atoms. The molecular weight excluding hydrogens is 845 g/mol. The van der Waals surface area contributed by atoms with Crippen LogP contribution in [0.5, 0.6) is 0 Å². The van der Waals surface area contributed by atoms with E-state index in [1.54, 1.807) is 25.1 Å². The van der Waals surface area contributed by atoms with E-state index in [0.29, 0.717) is 172 Å². The molecule has 3 aromatic heterocycles. The Morgan fingerprint density at radius 1 is 0.769 bits per heavy atom. The van der Waals surface area contributed by atoms with Crippen molar-refractivity contribution in [3.05, 3.63) is 59.4 Å². The van der Waals surface area contributed by atoms with Gasteiger partial charge in [-0.3, -0.25) is 14.4 Å². The SMILES string of the molecule is CNOCCOCCOCCOCCC(=O)N(C)CCOCCOCCOCCOCCC(=O)N1CCc2cc(Cn3nc(-c4ccc5oc(N)nc5c4)c4c(N)ncnc43)ccc2C1. The number of nitrogens with one attached hydrogen (secondary N) is 1. The number of nitrogens with zero attached hydrogens (tertiary/aromatic N) is 7. The number of rotatable bonds is 31. The van der Waals surface area contributed by atoms with Crippen molar-refractivity contribution in [2.24, 2.45) is 0 Å². The second kappa shape index (κ2) is 26.6. The van der Waals surface area contributed by atoms with E-state index in [1.807, 2.05) is 21.7 Å². The number of hydrogen-bond donors (Lipinski definition) is 3. The highest BCUT2D eigenvalue weighted by atomic mass is 16.7. The lowest BCUT2D eigenvalue weighted by Crippen LogP contribution is -2.36. The number of aromatic nitrogens is 5. The molecule has 0 saturated carbocycles. The maximum absolute atomic E-state index is 13.0. The molecule has 5 aromatic rings. The fourth-order valence-corrected chi connectivity index (χ4v) is 7.03. The van der Waals surface area contributed by atoms with Gasteiger partial charge in [-0.05, 0) is 41.3 Å². The first-order valence-corrected chi connectivity index (χ1v) is 21.9. The number of ether oxygens (including phenoxy) is 7. The molecule has 2 aromatic carbocycles. The van der Waals surface area contributed by atoms with Crippen molar-refractivity contribution < 1.29 is 52.0 Å². The Bertz CT molecular complexity index is 2240. The molecule has 2 amide bonds. The number of anilines is 2. The van der Waals surface area contributed by atoms with E-state index in [4.69, 9.17) is 59.0 Å². The zero-order chi connectivity index (χ0) is 45.6. The van der Waals surface area contributed by atoms with Crippen LogP contribution in [-0.2, 0) is 67.1 Å². The van der Waals surface area contributed by atoms with Crippen LogP contribution in [0.2, 0.25) is 0 Å². The lowest BCUT2D eigenvalue weighted by Gasteiger charge is -2.29. The summed E-state index contributed by atoms with van der Waals surface area (Å²) in [6.45, 7) is 8.45. The second-order valence-corrected chi connectivity index (χ2v) is 15.0. The van der Waals surface area contributed by atoms with Gasteiger partial charge in [-0.25, -0.2) is 20.1 Å². The van der Waals surface area contributed by atoms with Gasteiger partial charge in [-0.15, -0.1) is 0 Å². The number of benzene rings is 2. The van der Waals surface area contributed by atoms with Crippen molar-refractivity contribution in [3.8, 4) is 11.3 Å². The summed E-state index contributed by atoms with van der Waals surface area (Å²) in [4.78, 5) is 46.8. The predicted molar refractivity (Wildman–Crippen MR) is 239 cm³/mol. The molecule has 0 spiro atoms. The predicted octanol–water partition coefficient (Wildman–Crippen LogP) is 2.24. The summed E-state index contributed by atoms with van der Waals surface area (Å²) < 4.78 is 45.9. The first-order chi connectivity index (χ1) is 31.8. The topological polar surface area (TPSA) is 248 Å². The van der Waals surface area contributed by atoms with Crippen LogP contribution in [0.15, 0.2) is 47.1 Å². The van der Waals surface area contributed by atoms with Crippen LogP contribution in [0.3, 0.4) is 0 Å². The Hall–Kier alpha value is -5.36. The third kappa shape index (κ3) is 15.4. The molecule has 21 heteroatoms. The van der Waals surface area contributed by atoms with Crippen molar-refractivity contribution in [1.29, 1.82) is 0 Å². The van der Waals surface area contributed by atoms with Crippen molar-refractivity contribution in [2.75, 3.05) is 138 Å². The van der Waals surface area contributed by atoms with E-state index in [-0.39, 0.29) is 17.8 Å².